The Morgan fingerprint density at radius 3 is 2.33 bits per heavy atom. The number of benzene rings is 3. The van der Waals surface area contributed by atoms with E-state index in [-0.39, 0.29) is 22.8 Å². The Labute approximate surface area is 236 Å². The zero-order chi connectivity index (χ0) is 28.8. The Morgan fingerprint density at radius 1 is 1.00 bits per heavy atom. The van der Waals surface area contributed by atoms with E-state index < -0.39 is 23.8 Å². The number of nitrogens with zero attached hydrogens (tertiary/aromatic N) is 2. The molecule has 206 valence electrons. The molecule has 40 heavy (non-hydrogen) atoms. The van der Waals surface area contributed by atoms with Crippen LogP contribution in [-0.2, 0) is 11.3 Å². The number of amides is 3. The molecule has 4 rings (SSSR count). The Hall–Kier alpha value is -4.70. The predicted octanol–water partition coefficient (Wildman–Crippen LogP) is 4.54. The highest BCUT2D eigenvalue weighted by atomic mass is 32.1. The molecule has 3 aromatic carbocycles. The molecule has 0 fully saturated rings. The molecule has 0 saturated carbocycles. The van der Waals surface area contributed by atoms with E-state index in [0.717, 1.165) is 28.2 Å². The van der Waals surface area contributed by atoms with Crippen LogP contribution in [0, 0.1) is 13.8 Å². The van der Waals surface area contributed by atoms with Crippen LogP contribution < -0.4 is 26.4 Å². The molecule has 0 aliphatic rings. The third-order valence-electron chi connectivity index (χ3n) is 6.53. The van der Waals surface area contributed by atoms with Gasteiger partial charge in [0, 0.05) is 12.2 Å². The SMILES string of the molecule is CCOc1ccc([C@@H](C(=O)NCc2ccccc2)N(C(=O)c2snc(C(N)=O)c2N)c2cccc(C)c2C)cc1. The summed E-state index contributed by atoms with van der Waals surface area (Å²) >= 11 is 0.770. The first-order valence-corrected chi connectivity index (χ1v) is 13.5. The monoisotopic (exact) mass is 557 g/mol. The molecule has 1 aromatic heterocycles. The van der Waals surface area contributed by atoms with Gasteiger partial charge in [0.15, 0.2) is 5.69 Å². The lowest BCUT2D eigenvalue weighted by Crippen LogP contribution is -2.44. The van der Waals surface area contributed by atoms with Gasteiger partial charge in [0.25, 0.3) is 11.8 Å². The number of nitrogen functional groups attached to an aromatic ring is 1. The van der Waals surface area contributed by atoms with Crippen LogP contribution >= 0.6 is 11.5 Å². The molecular formula is C30H31N5O4S. The van der Waals surface area contributed by atoms with Crippen molar-refractivity contribution in [2.24, 2.45) is 5.73 Å². The number of carbonyl (C=O) groups excluding carboxylic acids is 3. The Morgan fingerprint density at radius 2 is 1.70 bits per heavy atom. The topological polar surface area (TPSA) is 141 Å². The van der Waals surface area contributed by atoms with Crippen molar-refractivity contribution in [3.63, 3.8) is 0 Å². The number of nitrogens with one attached hydrogen (secondary N) is 1. The summed E-state index contributed by atoms with van der Waals surface area (Å²) in [4.78, 5) is 41.6. The molecule has 5 N–H and O–H groups in total. The Kier molecular flexibility index (Phi) is 8.80. The summed E-state index contributed by atoms with van der Waals surface area (Å²) in [6.07, 6.45) is 0. The van der Waals surface area contributed by atoms with Gasteiger partial charge in [0.2, 0.25) is 5.91 Å². The van der Waals surface area contributed by atoms with E-state index in [0.29, 0.717) is 23.6 Å². The summed E-state index contributed by atoms with van der Waals surface area (Å²) in [7, 11) is 0. The minimum absolute atomic E-state index is 0.0153. The molecule has 0 unspecified atom stereocenters. The molecule has 9 nitrogen and oxygen atoms in total. The van der Waals surface area contributed by atoms with Crippen LogP contribution in [0.5, 0.6) is 5.75 Å². The first-order chi connectivity index (χ1) is 19.2. The van der Waals surface area contributed by atoms with E-state index in [1.54, 1.807) is 30.3 Å². The highest BCUT2D eigenvalue weighted by molar-refractivity contribution is 7.09. The van der Waals surface area contributed by atoms with Crippen LogP contribution in [0.2, 0.25) is 0 Å². The van der Waals surface area contributed by atoms with Crippen LogP contribution in [0.15, 0.2) is 72.8 Å². The number of rotatable bonds is 10. The minimum atomic E-state index is -1.09. The van der Waals surface area contributed by atoms with Crippen LogP contribution in [0.1, 0.15) is 55.4 Å². The zero-order valence-electron chi connectivity index (χ0n) is 22.5. The molecule has 0 spiro atoms. The third kappa shape index (κ3) is 5.97. The molecular weight excluding hydrogens is 526 g/mol. The predicted molar refractivity (Wildman–Crippen MR) is 156 cm³/mol. The molecule has 0 radical (unpaired) electrons. The van der Waals surface area contributed by atoms with E-state index >= 15 is 0 Å². The van der Waals surface area contributed by atoms with Gasteiger partial charge in [-0.3, -0.25) is 19.3 Å². The van der Waals surface area contributed by atoms with E-state index in [1.807, 2.05) is 63.2 Å². The highest BCUT2D eigenvalue weighted by Gasteiger charge is 2.36. The van der Waals surface area contributed by atoms with E-state index in [4.69, 9.17) is 16.2 Å². The van der Waals surface area contributed by atoms with Crippen molar-refractivity contribution in [3.8, 4) is 5.75 Å². The quantitative estimate of drug-likeness (QED) is 0.261. The van der Waals surface area contributed by atoms with Crippen LogP contribution in [0.3, 0.4) is 0 Å². The van der Waals surface area contributed by atoms with Gasteiger partial charge < -0.3 is 21.5 Å². The van der Waals surface area contributed by atoms with Crippen LogP contribution in [0.4, 0.5) is 11.4 Å². The second kappa shape index (κ2) is 12.4. The molecule has 3 amide bonds. The number of carbonyl (C=O) groups is 3. The van der Waals surface area contributed by atoms with Crippen molar-refractivity contribution in [2.75, 3.05) is 17.2 Å². The molecule has 1 atom stereocenters. The molecule has 1 heterocycles. The van der Waals surface area contributed by atoms with Crippen molar-refractivity contribution < 1.29 is 19.1 Å². The fourth-order valence-electron chi connectivity index (χ4n) is 4.31. The van der Waals surface area contributed by atoms with E-state index in [2.05, 4.69) is 9.69 Å². The average molecular weight is 558 g/mol. The van der Waals surface area contributed by atoms with Gasteiger partial charge >= 0.3 is 0 Å². The van der Waals surface area contributed by atoms with Gasteiger partial charge in [-0.2, -0.15) is 4.37 Å². The maximum atomic E-state index is 14.3. The Bertz CT molecular complexity index is 1520. The summed E-state index contributed by atoms with van der Waals surface area (Å²) in [5.74, 6) is -1.18. The second-order valence-electron chi connectivity index (χ2n) is 9.14. The van der Waals surface area contributed by atoms with Crippen molar-refractivity contribution in [2.45, 2.75) is 33.4 Å². The summed E-state index contributed by atoms with van der Waals surface area (Å²) in [5.41, 5.74) is 15.0. The fourth-order valence-corrected chi connectivity index (χ4v) is 5.06. The second-order valence-corrected chi connectivity index (χ2v) is 9.91. The molecule has 0 aliphatic heterocycles. The highest BCUT2D eigenvalue weighted by Crippen LogP contribution is 2.36. The molecule has 4 aromatic rings. The van der Waals surface area contributed by atoms with Gasteiger partial charge in [-0.1, -0.05) is 54.6 Å². The molecule has 0 saturated heterocycles. The normalized spacial score (nSPS) is 11.5. The third-order valence-corrected chi connectivity index (χ3v) is 7.38. The number of aromatic nitrogens is 1. The van der Waals surface area contributed by atoms with Gasteiger partial charge in [-0.15, -0.1) is 0 Å². The average Bonchev–Trinajstić information content (AvgIpc) is 3.34. The van der Waals surface area contributed by atoms with Crippen molar-refractivity contribution in [1.82, 2.24) is 9.69 Å². The Balaban J connectivity index is 1.87. The van der Waals surface area contributed by atoms with E-state index in [1.165, 1.54) is 4.90 Å². The minimum Gasteiger partial charge on any atom is -0.494 e. The lowest BCUT2D eigenvalue weighted by Gasteiger charge is -2.33. The molecule has 0 bridgehead atoms. The maximum absolute atomic E-state index is 14.3. The van der Waals surface area contributed by atoms with Crippen LogP contribution in [-0.4, -0.2) is 28.7 Å². The summed E-state index contributed by atoms with van der Waals surface area (Å²) < 4.78 is 9.61. The molecule has 10 heteroatoms. The number of hydrogen-bond donors (Lipinski definition) is 3. The lowest BCUT2D eigenvalue weighted by molar-refractivity contribution is -0.122. The smallest absolute Gasteiger partial charge is 0.273 e. The number of ether oxygens (including phenoxy) is 1. The summed E-state index contributed by atoms with van der Waals surface area (Å²) in [6.45, 7) is 6.44. The fraction of sp³-hybridized carbons (Fsp3) is 0.200. The largest absolute Gasteiger partial charge is 0.494 e. The summed E-state index contributed by atoms with van der Waals surface area (Å²) in [6, 6.07) is 20.9. The summed E-state index contributed by atoms with van der Waals surface area (Å²) in [5, 5.41) is 2.98. The number of anilines is 2. The van der Waals surface area contributed by atoms with Gasteiger partial charge in [0.1, 0.15) is 16.7 Å². The maximum Gasteiger partial charge on any atom is 0.273 e. The number of aryl methyl sites for hydroxylation is 1. The van der Waals surface area contributed by atoms with Crippen LogP contribution in [0.25, 0.3) is 0 Å². The number of primary amides is 1. The lowest BCUT2D eigenvalue weighted by atomic mass is 9.99. The van der Waals surface area contributed by atoms with Crippen molar-refractivity contribution in [3.05, 3.63) is 106 Å². The molecule has 0 aliphatic carbocycles. The number of hydrogen-bond acceptors (Lipinski definition) is 7. The number of nitrogens with two attached hydrogens (primary N) is 2. The first kappa shape index (κ1) is 28.3. The van der Waals surface area contributed by atoms with Gasteiger partial charge in [-0.25, -0.2) is 0 Å². The van der Waals surface area contributed by atoms with Crippen molar-refractivity contribution >= 4 is 40.6 Å². The zero-order valence-corrected chi connectivity index (χ0v) is 23.3. The first-order valence-electron chi connectivity index (χ1n) is 12.7. The van der Waals surface area contributed by atoms with E-state index in [9.17, 15) is 14.4 Å². The van der Waals surface area contributed by atoms with Crippen molar-refractivity contribution in [1.29, 1.82) is 0 Å². The van der Waals surface area contributed by atoms with Gasteiger partial charge in [-0.05, 0) is 72.8 Å². The van der Waals surface area contributed by atoms with Gasteiger partial charge in [0.05, 0.1) is 12.3 Å². The standard InChI is InChI=1S/C30H31N5O4S/c1-4-39-22-15-13-21(14-16-22)26(29(37)33-17-20-10-6-5-7-11-20)35(23-12-8-9-18(2)19(23)3)30(38)27-24(31)25(28(32)36)34-40-27/h5-16,26H,4,17,31H2,1-3H3,(H2,32,36)(H,33,37)/t26-/m0/s1.